The van der Waals surface area contributed by atoms with E-state index in [-0.39, 0.29) is 13.3 Å². The van der Waals surface area contributed by atoms with Crippen LogP contribution in [0.25, 0.3) is 0 Å². The van der Waals surface area contributed by atoms with Gasteiger partial charge in [0.1, 0.15) is 0 Å². The first kappa shape index (κ1) is 24.0. The van der Waals surface area contributed by atoms with E-state index in [1.807, 2.05) is 12.1 Å². The Kier molecular flexibility index (Phi) is 9.73. The van der Waals surface area contributed by atoms with Crippen molar-refractivity contribution >= 4 is 23.2 Å². The summed E-state index contributed by atoms with van der Waals surface area (Å²) in [5.74, 6) is 0.807. The summed E-state index contributed by atoms with van der Waals surface area (Å²) < 4.78 is 5.01. The molecule has 0 unspecified atom stereocenters. The van der Waals surface area contributed by atoms with Gasteiger partial charge in [-0.2, -0.15) is 0 Å². The Balaban J connectivity index is 0.00000300. The number of ether oxygens (including phenoxy) is 1. The highest BCUT2D eigenvalue weighted by molar-refractivity contribution is 6.34. The third-order valence-electron chi connectivity index (χ3n) is 6.31. The van der Waals surface area contributed by atoms with Gasteiger partial charge in [-0.3, -0.25) is 4.79 Å². The van der Waals surface area contributed by atoms with Gasteiger partial charge in [0.05, 0.1) is 17.2 Å². The number of methoxy groups -OCH3 is 1. The van der Waals surface area contributed by atoms with Gasteiger partial charge in [-0.1, -0.05) is 44.7 Å². The minimum Gasteiger partial charge on any atom is -0.384 e. The Morgan fingerprint density at radius 2 is 1.97 bits per heavy atom. The van der Waals surface area contributed by atoms with E-state index in [0.717, 1.165) is 37.8 Å². The normalized spacial score (nSPS) is 23.2. The summed E-state index contributed by atoms with van der Waals surface area (Å²) >= 11 is 6.32. The van der Waals surface area contributed by atoms with E-state index in [9.17, 15) is 4.79 Å². The van der Waals surface area contributed by atoms with Gasteiger partial charge < -0.3 is 20.7 Å². The van der Waals surface area contributed by atoms with Crippen molar-refractivity contribution in [1.29, 1.82) is 0 Å². The molecule has 1 amide bonds. The molecular formula is C23H38ClN3O2. The molecule has 3 N–H and O–H groups in total. The highest BCUT2D eigenvalue weighted by Gasteiger charge is 2.39. The first-order valence-electron chi connectivity index (χ1n) is 10.6. The highest BCUT2D eigenvalue weighted by atomic mass is 35.5. The van der Waals surface area contributed by atoms with Gasteiger partial charge in [-0.05, 0) is 48.8 Å². The predicted molar refractivity (Wildman–Crippen MR) is 122 cm³/mol. The van der Waals surface area contributed by atoms with E-state index >= 15 is 0 Å². The van der Waals surface area contributed by atoms with Gasteiger partial charge in [-0.25, -0.2) is 0 Å². The average molecular weight is 424 g/mol. The van der Waals surface area contributed by atoms with E-state index in [4.69, 9.17) is 16.3 Å². The zero-order valence-corrected chi connectivity index (χ0v) is 17.7. The van der Waals surface area contributed by atoms with Crippen LogP contribution in [0.5, 0.6) is 0 Å². The molecule has 0 spiro atoms. The van der Waals surface area contributed by atoms with Crippen molar-refractivity contribution in [3.8, 4) is 0 Å². The minimum atomic E-state index is -0.0612. The van der Waals surface area contributed by atoms with Crippen LogP contribution < -0.4 is 16.0 Å². The molecule has 3 rings (SSSR count). The van der Waals surface area contributed by atoms with Crippen LogP contribution in [-0.4, -0.2) is 45.8 Å². The van der Waals surface area contributed by atoms with Gasteiger partial charge >= 0.3 is 0 Å². The Hall–Kier alpha value is -1.30. The van der Waals surface area contributed by atoms with Crippen LogP contribution in [0, 0.1) is 11.3 Å². The Bertz CT molecular complexity index is 643. The second kappa shape index (κ2) is 11.8. The predicted octanol–water partition coefficient (Wildman–Crippen LogP) is 4.71. The van der Waals surface area contributed by atoms with Crippen molar-refractivity contribution in [1.82, 2.24) is 10.6 Å². The number of anilines is 1. The standard InChI is InChI=1S/C22H34ClN3O2.CH4/c1-28-13-12-24-10-11-25-18-6-7-20(23)19(14-18)21(27)26-16-22-8-2-4-17(15-22)5-3-9-22;/h6-7,14,17,24-25H,2-5,8-13,15-16H2,1H3,(H,26,27);1H4. The maximum Gasteiger partial charge on any atom is 0.252 e. The summed E-state index contributed by atoms with van der Waals surface area (Å²) in [6.07, 6.45) is 9.12. The number of carbonyl (C=O) groups is 1. The topological polar surface area (TPSA) is 62.4 Å². The summed E-state index contributed by atoms with van der Waals surface area (Å²) in [5.41, 5.74) is 1.78. The monoisotopic (exact) mass is 423 g/mol. The molecule has 0 heterocycles. The second-order valence-corrected chi connectivity index (χ2v) is 8.81. The van der Waals surface area contributed by atoms with Crippen molar-refractivity contribution < 1.29 is 9.53 Å². The molecule has 2 bridgehead atoms. The molecule has 0 radical (unpaired) electrons. The molecule has 1 aromatic carbocycles. The molecule has 1 aromatic rings. The van der Waals surface area contributed by atoms with Crippen LogP contribution in [0.4, 0.5) is 5.69 Å². The molecular weight excluding hydrogens is 386 g/mol. The van der Waals surface area contributed by atoms with Crippen LogP contribution in [0.1, 0.15) is 62.7 Å². The van der Waals surface area contributed by atoms with Crippen molar-refractivity contribution in [3.63, 3.8) is 0 Å². The van der Waals surface area contributed by atoms with Crippen molar-refractivity contribution in [2.45, 2.75) is 52.4 Å². The molecule has 0 saturated heterocycles. The number of hydrogen-bond acceptors (Lipinski definition) is 4. The van der Waals surface area contributed by atoms with Crippen LogP contribution in [0.15, 0.2) is 18.2 Å². The van der Waals surface area contributed by atoms with E-state index in [0.29, 0.717) is 22.6 Å². The van der Waals surface area contributed by atoms with E-state index in [1.54, 1.807) is 13.2 Å². The maximum absolute atomic E-state index is 12.8. The molecule has 2 aliphatic rings. The molecule has 2 fully saturated rings. The summed E-state index contributed by atoms with van der Waals surface area (Å²) in [6.45, 7) is 3.91. The van der Waals surface area contributed by atoms with Crippen molar-refractivity contribution in [2.75, 3.05) is 45.2 Å². The largest absolute Gasteiger partial charge is 0.384 e. The lowest BCUT2D eigenvalue weighted by Gasteiger charge is -2.45. The van der Waals surface area contributed by atoms with Gasteiger partial charge in [0.25, 0.3) is 5.91 Å². The smallest absolute Gasteiger partial charge is 0.252 e. The number of carbonyl (C=O) groups excluding carboxylic acids is 1. The van der Waals surface area contributed by atoms with Crippen LogP contribution in [-0.2, 0) is 4.74 Å². The zero-order chi connectivity index (χ0) is 19.8. The SMILES string of the molecule is C.COCCNCCNc1ccc(Cl)c(C(=O)NCC23CCCC(CCC2)C3)c1. The molecule has 164 valence electrons. The lowest BCUT2D eigenvalue weighted by molar-refractivity contribution is 0.0682. The fourth-order valence-electron chi connectivity index (χ4n) is 4.84. The van der Waals surface area contributed by atoms with Crippen molar-refractivity contribution in [2.24, 2.45) is 11.3 Å². The average Bonchev–Trinajstić information content (AvgIpc) is 2.70. The number of rotatable bonds is 10. The van der Waals surface area contributed by atoms with Gasteiger partial charge in [0.2, 0.25) is 0 Å². The van der Waals surface area contributed by atoms with Gasteiger partial charge in [0.15, 0.2) is 0 Å². The third kappa shape index (κ3) is 6.87. The lowest BCUT2D eigenvalue weighted by atomic mass is 9.62. The number of fused-ring (bicyclic) bond motifs is 2. The van der Waals surface area contributed by atoms with Crippen LogP contribution >= 0.6 is 11.6 Å². The summed E-state index contributed by atoms with van der Waals surface area (Å²) in [7, 11) is 1.70. The summed E-state index contributed by atoms with van der Waals surface area (Å²) in [4.78, 5) is 12.8. The highest BCUT2D eigenvalue weighted by Crippen LogP contribution is 2.48. The molecule has 2 aliphatic carbocycles. The number of halogens is 1. The number of hydrogen-bond donors (Lipinski definition) is 3. The van der Waals surface area contributed by atoms with Gasteiger partial charge in [0, 0.05) is 39.0 Å². The molecule has 29 heavy (non-hydrogen) atoms. The molecule has 6 heteroatoms. The van der Waals surface area contributed by atoms with E-state index in [1.165, 1.54) is 44.9 Å². The van der Waals surface area contributed by atoms with E-state index in [2.05, 4.69) is 16.0 Å². The Labute approximate surface area is 181 Å². The summed E-state index contributed by atoms with van der Waals surface area (Å²) in [6, 6.07) is 5.57. The van der Waals surface area contributed by atoms with Crippen molar-refractivity contribution in [3.05, 3.63) is 28.8 Å². The first-order valence-corrected chi connectivity index (χ1v) is 11.0. The molecule has 0 aromatic heterocycles. The molecule has 2 saturated carbocycles. The third-order valence-corrected chi connectivity index (χ3v) is 6.64. The quantitative estimate of drug-likeness (QED) is 0.477. The minimum absolute atomic E-state index is 0. The Morgan fingerprint density at radius 1 is 1.21 bits per heavy atom. The fourth-order valence-corrected chi connectivity index (χ4v) is 5.04. The Morgan fingerprint density at radius 3 is 2.69 bits per heavy atom. The number of benzene rings is 1. The first-order chi connectivity index (χ1) is 13.6. The second-order valence-electron chi connectivity index (χ2n) is 8.40. The lowest BCUT2D eigenvalue weighted by Crippen LogP contribution is -2.43. The zero-order valence-electron chi connectivity index (χ0n) is 17.0. The fraction of sp³-hybridized carbons (Fsp3) is 0.696. The summed E-state index contributed by atoms with van der Waals surface area (Å²) in [5, 5.41) is 10.3. The van der Waals surface area contributed by atoms with Crippen LogP contribution in [0.3, 0.4) is 0 Å². The maximum atomic E-state index is 12.8. The van der Waals surface area contributed by atoms with Gasteiger partial charge in [-0.15, -0.1) is 0 Å². The molecule has 5 nitrogen and oxygen atoms in total. The number of nitrogens with one attached hydrogen (secondary N) is 3. The molecule has 0 aliphatic heterocycles. The van der Waals surface area contributed by atoms with E-state index < -0.39 is 0 Å². The molecule has 0 atom stereocenters. The van der Waals surface area contributed by atoms with Crippen LogP contribution in [0.2, 0.25) is 5.02 Å². The number of amides is 1.